The number of benzene rings is 1. The summed E-state index contributed by atoms with van der Waals surface area (Å²) in [6.07, 6.45) is -1.26. The van der Waals surface area contributed by atoms with Crippen LogP contribution in [0, 0.1) is 0 Å². The number of rotatable bonds is 8. The minimum Gasteiger partial charge on any atom is -0.462 e. The molecule has 0 fully saturated rings. The van der Waals surface area contributed by atoms with Crippen molar-refractivity contribution in [2.24, 2.45) is 0 Å². The van der Waals surface area contributed by atoms with E-state index in [-0.39, 0.29) is 19.2 Å². The van der Waals surface area contributed by atoms with Crippen molar-refractivity contribution in [1.82, 2.24) is 19.7 Å². The highest BCUT2D eigenvalue weighted by molar-refractivity contribution is 7.88. The molecule has 0 saturated carbocycles. The van der Waals surface area contributed by atoms with Gasteiger partial charge < -0.3 is 15.0 Å². The van der Waals surface area contributed by atoms with E-state index < -0.39 is 21.8 Å². The molecule has 0 radical (unpaired) electrons. The van der Waals surface area contributed by atoms with Crippen molar-refractivity contribution in [2.75, 3.05) is 36.2 Å². The Kier molecular flexibility index (Phi) is 7.52. The number of nitrogens with one attached hydrogen (secondary N) is 2. The van der Waals surface area contributed by atoms with Crippen LogP contribution in [0.15, 0.2) is 42.6 Å². The third-order valence-electron chi connectivity index (χ3n) is 5.26. The molecule has 0 spiro atoms. The number of aromatic nitrogens is 3. The number of hydrogen-bond acceptors (Lipinski definition) is 8. The summed E-state index contributed by atoms with van der Waals surface area (Å²) < 4.78 is 69.2. The van der Waals surface area contributed by atoms with Crippen molar-refractivity contribution in [1.29, 1.82) is 0 Å². The Labute approximate surface area is 210 Å². The third-order valence-corrected chi connectivity index (χ3v) is 6.28. The molecule has 0 atom stereocenters. The van der Waals surface area contributed by atoms with Crippen LogP contribution in [0.4, 0.5) is 30.5 Å². The number of hydrogen-bond donors (Lipinski definition) is 2. The first-order valence-electron chi connectivity index (χ1n) is 10.8. The minimum atomic E-state index is -4.44. The van der Waals surface area contributed by atoms with Gasteiger partial charge in [0.15, 0.2) is 0 Å². The molecular weight excluding hydrogens is 521 g/mol. The lowest BCUT2D eigenvalue weighted by Crippen LogP contribution is -2.33. The average Bonchev–Trinajstić information content (AvgIpc) is 2.81. The number of nitrogens with zero attached hydrogens (tertiary/aromatic N) is 4. The van der Waals surface area contributed by atoms with Crippen molar-refractivity contribution in [3.63, 3.8) is 0 Å². The van der Waals surface area contributed by atoms with Crippen molar-refractivity contribution in [2.45, 2.75) is 19.1 Å². The van der Waals surface area contributed by atoms with E-state index >= 15 is 0 Å². The maximum Gasteiger partial charge on any atom is 0.416 e. The van der Waals surface area contributed by atoms with Crippen LogP contribution in [-0.4, -0.2) is 49.3 Å². The fourth-order valence-corrected chi connectivity index (χ4v) is 4.31. The predicted octanol–water partition coefficient (Wildman–Crippen LogP) is 3.78. The summed E-state index contributed by atoms with van der Waals surface area (Å²) in [4.78, 5) is 15.2. The first-order chi connectivity index (χ1) is 17.0. The summed E-state index contributed by atoms with van der Waals surface area (Å²) in [6.45, 7) is 0.888. The van der Waals surface area contributed by atoms with Gasteiger partial charge in [0.1, 0.15) is 18.2 Å². The topological polar surface area (TPSA) is 109 Å². The Hall–Kier alpha value is -3.16. The molecule has 14 heteroatoms. The quantitative estimate of drug-likeness (QED) is 0.414. The molecule has 0 unspecified atom stereocenters. The molecule has 0 amide bonds. The summed E-state index contributed by atoms with van der Waals surface area (Å²) in [5.41, 5.74) is 1.05. The maximum absolute atomic E-state index is 12.9. The molecular formula is C22H22ClF3N6O3S. The van der Waals surface area contributed by atoms with Gasteiger partial charge in [-0.05, 0) is 42.8 Å². The summed E-state index contributed by atoms with van der Waals surface area (Å²) in [5, 5.41) is 3.55. The minimum absolute atomic E-state index is 0.00701. The van der Waals surface area contributed by atoms with Gasteiger partial charge in [0.25, 0.3) is 0 Å². The molecule has 4 rings (SSSR count). The molecule has 192 valence electrons. The van der Waals surface area contributed by atoms with E-state index in [1.807, 2.05) is 4.90 Å². The van der Waals surface area contributed by atoms with Crippen molar-refractivity contribution in [3.05, 3.63) is 64.4 Å². The summed E-state index contributed by atoms with van der Waals surface area (Å²) >= 11 is 6.31. The number of sulfonamides is 1. The molecule has 3 heterocycles. The fourth-order valence-electron chi connectivity index (χ4n) is 3.62. The zero-order chi connectivity index (χ0) is 25.9. The van der Waals surface area contributed by atoms with E-state index in [9.17, 15) is 21.6 Å². The highest BCUT2D eigenvalue weighted by Crippen LogP contribution is 2.33. The fraction of sp³-hybridized carbons (Fsp3) is 0.318. The second kappa shape index (κ2) is 10.4. The first kappa shape index (κ1) is 25.9. The van der Waals surface area contributed by atoms with E-state index in [0.717, 1.165) is 24.0 Å². The largest absolute Gasteiger partial charge is 0.462 e. The number of anilines is 3. The van der Waals surface area contributed by atoms with Crippen LogP contribution >= 0.6 is 11.6 Å². The van der Waals surface area contributed by atoms with E-state index in [1.54, 1.807) is 18.3 Å². The van der Waals surface area contributed by atoms with Crippen LogP contribution in [0.5, 0.6) is 6.01 Å². The van der Waals surface area contributed by atoms with Crippen LogP contribution in [0.1, 0.15) is 16.8 Å². The van der Waals surface area contributed by atoms with Gasteiger partial charge >= 0.3 is 12.2 Å². The van der Waals surface area contributed by atoms with Gasteiger partial charge in [0.2, 0.25) is 10.0 Å². The maximum atomic E-state index is 12.9. The van der Waals surface area contributed by atoms with Gasteiger partial charge in [-0.1, -0.05) is 11.6 Å². The highest BCUT2D eigenvalue weighted by atomic mass is 35.5. The summed E-state index contributed by atoms with van der Waals surface area (Å²) in [7, 11) is -3.39. The molecule has 36 heavy (non-hydrogen) atoms. The Balaban J connectivity index is 1.61. The van der Waals surface area contributed by atoms with E-state index in [1.165, 1.54) is 12.1 Å². The lowest BCUT2D eigenvalue weighted by Gasteiger charge is -2.30. The normalized spacial score (nSPS) is 13.9. The van der Waals surface area contributed by atoms with Crippen molar-refractivity contribution in [3.8, 4) is 6.01 Å². The van der Waals surface area contributed by atoms with Gasteiger partial charge in [-0.2, -0.15) is 23.1 Å². The Bertz CT molecular complexity index is 1340. The van der Waals surface area contributed by atoms with Gasteiger partial charge in [-0.15, -0.1) is 0 Å². The van der Waals surface area contributed by atoms with Crippen LogP contribution in [-0.2, 0) is 29.2 Å². The molecule has 2 aromatic heterocycles. The van der Waals surface area contributed by atoms with Crippen LogP contribution in [0.25, 0.3) is 0 Å². The van der Waals surface area contributed by atoms with Crippen LogP contribution in [0.2, 0.25) is 5.02 Å². The lowest BCUT2D eigenvalue weighted by molar-refractivity contribution is -0.137. The summed E-state index contributed by atoms with van der Waals surface area (Å²) in [5.74, 6) is 0.984. The summed E-state index contributed by atoms with van der Waals surface area (Å²) in [6, 6.07) is 8.05. The van der Waals surface area contributed by atoms with E-state index in [2.05, 4.69) is 25.0 Å². The molecule has 3 aromatic rings. The predicted molar refractivity (Wildman–Crippen MR) is 129 cm³/mol. The number of halogens is 4. The van der Waals surface area contributed by atoms with E-state index in [0.29, 0.717) is 47.6 Å². The second-order valence-electron chi connectivity index (χ2n) is 7.98. The van der Waals surface area contributed by atoms with Crippen LogP contribution in [0.3, 0.4) is 0 Å². The number of fused-ring (bicyclic) bond motifs is 1. The molecule has 0 saturated heterocycles. The van der Waals surface area contributed by atoms with E-state index in [4.69, 9.17) is 16.3 Å². The molecule has 1 aliphatic heterocycles. The molecule has 1 aliphatic rings. The van der Waals surface area contributed by atoms with Crippen molar-refractivity contribution >= 4 is 38.9 Å². The van der Waals surface area contributed by atoms with Gasteiger partial charge in [-0.3, -0.25) is 0 Å². The first-order valence-corrected chi connectivity index (χ1v) is 13.0. The Morgan fingerprint density at radius 3 is 2.58 bits per heavy atom. The zero-order valence-electron chi connectivity index (χ0n) is 19.0. The smallest absolute Gasteiger partial charge is 0.416 e. The Morgan fingerprint density at radius 2 is 1.92 bits per heavy atom. The van der Waals surface area contributed by atoms with Gasteiger partial charge in [0.05, 0.1) is 29.1 Å². The number of alkyl halides is 3. The Morgan fingerprint density at radius 1 is 1.17 bits per heavy atom. The van der Waals surface area contributed by atoms with Gasteiger partial charge in [-0.25, -0.2) is 18.1 Å². The zero-order valence-corrected chi connectivity index (χ0v) is 20.6. The molecule has 2 N–H and O–H groups in total. The molecule has 0 aliphatic carbocycles. The standard InChI is InChI=1S/C22H22ClF3N6O3S/c1-36(33,34)28-10-12-35-21-30-18-13-32(20-17(23)3-2-9-27-20)11-8-16(18)19(31-21)29-15-6-4-14(5-7-15)22(24,25)26/h2-7,9,28H,8,10-13H2,1H3,(H,29,30,31). The number of ether oxygens (including phenoxy) is 1. The second-order valence-corrected chi connectivity index (χ2v) is 10.2. The molecule has 9 nitrogen and oxygen atoms in total. The lowest BCUT2D eigenvalue weighted by atomic mass is 10.1. The van der Waals surface area contributed by atoms with Crippen molar-refractivity contribution < 1.29 is 26.3 Å². The molecule has 1 aromatic carbocycles. The number of pyridine rings is 1. The van der Waals surface area contributed by atoms with Crippen LogP contribution < -0.4 is 19.7 Å². The molecule has 0 bridgehead atoms. The highest BCUT2D eigenvalue weighted by Gasteiger charge is 2.30. The van der Waals surface area contributed by atoms with Gasteiger partial charge in [0, 0.05) is 30.5 Å². The third kappa shape index (κ3) is 6.53. The average molecular weight is 543 g/mol. The monoisotopic (exact) mass is 542 g/mol. The SMILES string of the molecule is CS(=O)(=O)NCCOc1nc2c(c(Nc3ccc(C(F)(F)F)cc3)n1)CCN(c1ncccc1Cl)C2.